The Morgan fingerprint density at radius 3 is 1.73 bits per heavy atom. The zero-order chi connectivity index (χ0) is 16.4. The molecular formula is C15H33NO5S. The Morgan fingerprint density at radius 1 is 0.955 bits per heavy atom. The van der Waals surface area contributed by atoms with Crippen LogP contribution in [0.4, 0.5) is 0 Å². The van der Waals surface area contributed by atoms with E-state index in [0.717, 1.165) is 26.2 Å². The molecule has 0 aromatic rings. The minimum atomic E-state index is -4.57. The standard InChI is InChI=1S/C15H30O5S.H3N/c1-3-4-5-6-7-8-9-10-11-12-14(17)15(2,13-16)21(18,19)20;/h16H,3-13H2,1-2H3,(H,18,19,20);1H3. The van der Waals surface area contributed by atoms with Crippen molar-refractivity contribution < 1.29 is 22.9 Å². The number of Topliss-reactive ketones (excluding diaryl/α,β-unsaturated/α-hetero) is 1. The normalized spacial score (nSPS) is 14.2. The molecule has 0 radical (unpaired) electrons. The van der Waals surface area contributed by atoms with Gasteiger partial charge in [-0.05, 0) is 13.3 Å². The van der Waals surface area contributed by atoms with Crippen LogP contribution in [0.2, 0.25) is 0 Å². The number of aliphatic hydroxyl groups excluding tert-OH is 1. The molecule has 0 aromatic carbocycles. The highest BCUT2D eigenvalue weighted by molar-refractivity contribution is 7.88. The van der Waals surface area contributed by atoms with Gasteiger partial charge in [0.25, 0.3) is 10.1 Å². The molecule has 1 unspecified atom stereocenters. The highest BCUT2D eigenvalue weighted by Crippen LogP contribution is 2.20. The fraction of sp³-hybridized carbons (Fsp3) is 0.933. The van der Waals surface area contributed by atoms with Gasteiger partial charge in [-0.25, -0.2) is 0 Å². The van der Waals surface area contributed by atoms with Crippen LogP contribution in [0.3, 0.4) is 0 Å². The van der Waals surface area contributed by atoms with Gasteiger partial charge < -0.3 is 11.3 Å². The summed E-state index contributed by atoms with van der Waals surface area (Å²) in [7, 11) is -4.57. The Morgan fingerprint density at radius 2 is 1.36 bits per heavy atom. The van der Waals surface area contributed by atoms with Gasteiger partial charge in [0, 0.05) is 6.42 Å². The average Bonchev–Trinajstić information content (AvgIpc) is 2.43. The SMILES string of the molecule is CCCCCCCCCCCC(=O)C(C)(CO)S(=O)(=O)O.N. The molecule has 0 saturated carbocycles. The van der Waals surface area contributed by atoms with Crippen LogP contribution in [-0.4, -0.2) is 35.2 Å². The number of unbranched alkanes of at least 4 members (excludes halogenated alkanes) is 8. The van der Waals surface area contributed by atoms with Crippen LogP contribution in [0.1, 0.15) is 78.1 Å². The van der Waals surface area contributed by atoms with Gasteiger partial charge in [-0.2, -0.15) is 8.42 Å². The van der Waals surface area contributed by atoms with E-state index in [-0.39, 0.29) is 12.6 Å². The van der Waals surface area contributed by atoms with Crippen molar-refractivity contribution in [2.75, 3.05) is 6.61 Å². The van der Waals surface area contributed by atoms with E-state index in [1.165, 1.54) is 32.1 Å². The number of carbonyl (C=O) groups is 1. The number of carbonyl (C=O) groups excluding carboxylic acids is 1. The third-order valence-electron chi connectivity index (χ3n) is 3.97. The minimum Gasteiger partial charge on any atom is -0.394 e. The molecule has 0 aliphatic rings. The van der Waals surface area contributed by atoms with Crippen molar-refractivity contribution >= 4 is 15.9 Å². The first-order chi connectivity index (χ1) is 9.79. The predicted molar refractivity (Wildman–Crippen MR) is 88.9 cm³/mol. The van der Waals surface area contributed by atoms with E-state index in [0.29, 0.717) is 6.42 Å². The Labute approximate surface area is 135 Å². The molecule has 0 saturated heterocycles. The highest BCUT2D eigenvalue weighted by Gasteiger charge is 2.44. The molecule has 0 aliphatic carbocycles. The third-order valence-corrected chi connectivity index (χ3v) is 5.46. The summed E-state index contributed by atoms with van der Waals surface area (Å²) < 4.78 is 29.3. The summed E-state index contributed by atoms with van der Waals surface area (Å²) in [5, 5.41) is 9.07. The molecule has 7 heteroatoms. The molecule has 0 heterocycles. The number of rotatable bonds is 13. The van der Waals surface area contributed by atoms with E-state index in [1.54, 1.807) is 0 Å². The maximum Gasteiger partial charge on any atom is 0.279 e. The van der Waals surface area contributed by atoms with Gasteiger partial charge in [0.15, 0.2) is 10.5 Å². The van der Waals surface area contributed by atoms with Gasteiger partial charge in [0.05, 0.1) is 6.61 Å². The minimum absolute atomic E-state index is 0. The quantitative estimate of drug-likeness (QED) is 0.349. The molecule has 0 amide bonds. The summed E-state index contributed by atoms with van der Waals surface area (Å²) >= 11 is 0. The second kappa shape index (κ2) is 12.0. The maximum absolute atomic E-state index is 11.9. The van der Waals surface area contributed by atoms with Crippen LogP contribution < -0.4 is 6.15 Å². The molecule has 0 fully saturated rings. The Kier molecular flexibility index (Phi) is 12.9. The molecule has 0 bridgehead atoms. The lowest BCUT2D eigenvalue weighted by molar-refractivity contribution is -0.122. The van der Waals surface area contributed by atoms with E-state index in [4.69, 9.17) is 9.66 Å². The third kappa shape index (κ3) is 8.22. The Balaban J connectivity index is 0. The first-order valence-electron chi connectivity index (χ1n) is 7.90. The molecule has 6 nitrogen and oxygen atoms in total. The Hall–Kier alpha value is -0.500. The van der Waals surface area contributed by atoms with E-state index in [1.807, 2.05) is 0 Å². The van der Waals surface area contributed by atoms with Gasteiger partial charge in [-0.15, -0.1) is 0 Å². The second-order valence-electron chi connectivity index (χ2n) is 5.87. The zero-order valence-electron chi connectivity index (χ0n) is 14.0. The van der Waals surface area contributed by atoms with Crippen molar-refractivity contribution in [3.63, 3.8) is 0 Å². The van der Waals surface area contributed by atoms with Crippen molar-refractivity contribution in [2.45, 2.75) is 82.8 Å². The summed E-state index contributed by atoms with van der Waals surface area (Å²) in [6.07, 6.45) is 9.94. The van der Waals surface area contributed by atoms with Gasteiger partial charge in [0.2, 0.25) is 0 Å². The smallest absolute Gasteiger partial charge is 0.279 e. The monoisotopic (exact) mass is 339 g/mol. The summed E-state index contributed by atoms with van der Waals surface area (Å²) in [5.41, 5.74) is 0. The molecule has 22 heavy (non-hydrogen) atoms. The molecule has 0 aliphatic heterocycles. The van der Waals surface area contributed by atoms with Crippen molar-refractivity contribution in [1.82, 2.24) is 6.15 Å². The van der Waals surface area contributed by atoms with Crippen LogP contribution in [0.5, 0.6) is 0 Å². The Bertz CT molecular complexity index is 397. The summed E-state index contributed by atoms with van der Waals surface area (Å²) in [6, 6.07) is 0. The molecule has 0 spiro atoms. The molecule has 0 aromatic heterocycles. The molecule has 0 rings (SSSR count). The summed E-state index contributed by atoms with van der Waals surface area (Å²) in [4.78, 5) is 11.9. The fourth-order valence-corrected chi connectivity index (χ4v) is 2.73. The first kappa shape index (κ1) is 23.8. The average molecular weight is 339 g/mol. The number of ketones is 1. The number of hydrogen-bond acceptors (Lipinski definition) is 5. The zero-order valence-corrected chi connectivity index (χ0v) is 14.8. The van der Waals surface area contributed by atoms with E-state index in [9.17, 15) is 13.2 Å². The largest absolute Gasteiger partial charge is 0.394 e. The van der Waals surface area contributed by atoms with Crippen LogP contribution in [-0.2, 0) is 14.9 Å². The van der Waals surface area contributed by atoms with Crippen LogP contribution in [0, 0.1) is 0 Å². The molecule has 5 N–H and O–H groups in total. The van der Waals surface area contributed by atoms with Crippen molar-refractivity contribution in [3.05, 3.63) is 0 Å². The van der Waals surface area contributed by atoms with Crippen molar-refractivity contribution in [1.29, 1.82) is 0 Å². The molecule has 134 valence electrons. The van der Waals surface area contributed by atoms with Crippen LogP contribution in [0.25, 0.3) is 0 Å². The van der Waals surface area contributed by atoms with E-state index in [2.05, 4.69) is 6.92 Å². The number of aliphatic hydroxyl groups is 1. The number of hydrogen-bond donors (Lipinski definition) is 3. The molecule has 1 atom stereocenters. The second-order valence-corrected chi connectivity index (χ2v) is 7.72. The lowest BCUT2D eigenvalue weighted by Gasteiger charge is -2.21. The van der Waals surface area contributed by atoms with Crippen molar-refractivity contribution in [2.24, 2.45) is 0 Å². The molecular weight excluding hydrogens is 306 g/mol. The summed E-state index contributed by atoms with van der Waals surface area (Å²) in [6.45, 7) is 2.37. The van der Waals surface area contributed by atoms with Gasteiger partial charge >= 0.3 is 0 Å². The first-order valence-corrected chi connectivity index (χ1v) is 9.34. The topological polar surface area (TPSA) is 127 Å². The lowest BCUT2D eigenvalue weighted by Crippen LogP contribution is -2.46. The predicted octanol–water partition coefficient (Wildman–Crippen LogP) is 3.28. The highest BCUT2D eigenvalue weighted by atomic mass is 32.2. The van der Waals surface area contributed by atoms with E-state index >= 15 is 0 Å². The van der Waals surface area contributed by atoms with Crippen LogP contribution in [0.15, 0.2) is 0 Å². The van der Waals surface area contributed by atoms with Crippen LogP contribution >= 0.6 is 0 Å². The van der Waals surface area contributed by atoms with Gasteiger partial charge in [0.1, 0.15) is 0 Å². The lowest BCUT2D eigenvalue weighted by atomic mass is 9.99. The summed E-state index contributed by atoms with van der Waals surface area (Å²) in [5.74, 6) is -0.615. The van der Waals surface area contributed by atoms with Gasteiger partial charge in [-0.3, -0.25) is 9.35 Å². The van der Waals surface area contributed by atoms with E-state index < -0.39 is 27.3 Å². The van der Waals surface area contributed by atoms with Crippen molar-refractivity contribution in [3.8, 4) is 0 Å². The van der Waals surface area contributed by atoms with Gasteiger partial charge in [-0.1, -0.05) is 58.3 Å². The maximum atomic E-state index is 11.9. The fourth-order valence-electron chi connectivity index (χ4n) is 2.17.